The van der Waals surface area contributed by atoms with E-state index in [-0.39, 0.29) is 17.7 Å². The quantitative estimate of drug-likeness (QED) is 0.830. The Balaban J connectivity index is 1.73. The lowest BCUT2D eigenvalue weighted by atomic mass is 9.82. The number of amides is 1. The molecule has 3 nitrogen and oxygen atoms in total. The van der Waals surface area contributed by atoms with Gasteiger partial charge in [0.1, 0.15) is 0 Å². The minimum Gasteiger partial charge on any atom is -0.326 e. The highest BCUT2D eigenvalue weighted by molar-refractivity contribution is 6.30. The van der Waals surface area contributed by atoms with Crippen molar-refractivity contribution in [3.8, 4) is 0 Å². The Morgan fingerprint density at radius 3 is 2.69 bits per heavy atom. The van der Waals surface area contributed by atoms with Gasteiger partial charge < -0.3 is 10.2 Å². The zero-order chi connectivity index (χ0) is 18.3. The Hall–Kier alpha value is -1.84. The van der Waals surface area contributed by atoms with Crippen LogP contribution in [0.3, 0.4) is 0 Å². The standard InChI is InChI=1S/C22H25ClN2O/c1-14-10-16(23)11-18-19(14)12-25(2)13-20(18)17-8-3-4-9-21(17)24-22(26)15-6-5-7-15/h3-4,8-11,15,20H,5-7,12-13H2,1-2H3,(H,24,26). The number of aryl methyl sites for hydroxylation is 1. The number of halogens is 1. The third kappa shape index (κ3) is 3.26. The van der Waals surface area contributed by atoms with E-state index in [4.69, 9.17) is 11.6 Å². The first-order valence-corrected chi connectivity index (χ1v) is 9.78. The minimum absolute atomic E-state index is 0.162. The number of carbonyl (C=O) groups is 1. The van der Waals surface area contributed by atoms with Crippen LogP contribution in [-0.4, -0.2) is 24.4 Å². The van der Waals surface area contributed by atoms with Crippen LogP contribution in [0.15, 0.2) is 36.4 Å². The van der Waals surface area contributed by atoms with Crippen LogP contribution in [0.4, 0.5) is 5.69 Å². The molecule has 1 heterocycles. The van der Waals surface area contributed by atoms with Gasteiger partial charge in [-0.2, -0.15) is 0 Å². The summed E-state index contributed by atoms with van der Waals surface area (Å²) in [5.41, 5.74) is 6.00. The number of carbonyl (C=O) groups excluding carboxylic acids is 1. The zero-order valence-corrected chi connectivity index (χ0v) is 16.1. The first-order chi connectivity index (χ1) is 12.5. The van der Waals surface area contributed by atoms with Gasteiger partial charge in [0.15, 0.2) is 0 Å². The summed E-state index contributed by atoms with van der Waals surface area (Å²) in [5, 5.41) is 3.98. The van der Waals surface area contributed by atoms with Crippen LogP contribution >= 0.6 is 11.6 Å². The molecule has 1 aliphatic heterocycles. The molecule has 0 aromatic heterocycles. The van der Waals surface area contributed by atoms with E-state index >= 15 is 0 Å². The predicted molar refractivity (Wildman–Crippen MR) is 107 cm³/mol. The molecule has 1 N–H and O–H groups in total. The topological polar surface area (TPSA) is 32.3 Å². The zero-order valence-electron chi connectivity index (χ0n) is 15.4. The average Bonchev–Trinajstić information content (AvgIpc) is 2.54. The van der Waals surface area contributed by atoms with E-state index in [1.165, 1.54) is 22.3 Å². The van der Waals surface area contributed by atoms with Crippen LogP contribution in [0, 0.1) is 12.8 Å². The summed E-state index contributed by atoms with van der Waals surface area (Å²) in [6, 6.07) is 12.4. The number of nitrogens with one attached hydrogen (secondary N) is 1. The van der Waals surface area contributed by atoms with Crippen LogP contribution in [0.1, 0.15) is 47.4 Å². The molecule has 0 spiro atoms. The van der Waals surface area contributed by atoms with Crippen molar-refractivity contribution in [1.82, 2.24) is 4.90 Å². The lowest BCUT2D eigenvalue weighted by Crippen LogP contribution is -2.33. The smallest absolute Gasteiger partial charge is 0.227 e. The van der Waals surface area contributed by atoms with Gasteiger partial charge in [0.2, 0.25) is 5.91 Å². The SMILES string of the molecule is Cc1cc(Cl)cc2c1CN(C)CC2c1ccccc1NC(=O)C1CCC1. The maximum atomic E-state index is 12.5. The summed E-state index contributed by atoms with van der Waals surface area (Å²) < 4.78 is 0. The third-order valence-corrected chi connectivity index (χ3v) is 6.06. The van der Waals surface area contributed by atoms with Crippen LogP contribution in [0.25, 0.3) is 0 Å². The average molecular weight is 369 g/mol. The fraction of sp³-hybridized carbons (Fsp3) is 0.409. The molecule has 1 unspecified atom stereocenters. The molecule has 1 saturated carbocycles. The number of hydrogen-bond donors (Lipinski definition) is 1. The van der Waals surface area contributed by atoms with Crippen LogP contribution in [0.5, 0.6) is 0 Å². The molecular formula is C22H25ClN2O. The molecule has 4 heteroatoms. The molecular weight excluding hydrogens is 344 g/mol. The van der Waals surface area contributed by atoms with Crippen LogP contribution < -0.4 is 5.32 Å². The second kappa shape index (κ2) is 7.05. The van der Waals surface area contributed by atoms with E-state index in [1.54, 1.807) is 0 Å². The van der Waals surface area contributed by atoms with Gasteiger partial charge in [-0.15, -0.1) is 0 Å². The summed E-state index contributed by atoms with van der Waals surface area (Å²) in [6.45, 7) is 3.99. The Bertz CT molecular complexity index is 844. The summed E-state index contributed by atoms with van der Waals surface area (Å²) in [5.74, 6) is 0.551. The van der Waals surface area contributed by atoms with Crippen LogP contribution in [0.2, 0.25) is 5.02 Å². The fourth-order valence-electron chi connectivity index (χ4n) is 4.16. The van der Waals surface area contributed by atoms with E-state index in [2.05, 4.69) is 42.4 Å². The van der Waals surface area contributed by atoms with E-state index in [0.29, 0.717) is 0 Å². The van der Waals surface area contributed by atoms with Crippen molar-refractivity contribution in [3.05, 3.63) is 63.7 Å². The molecule has 1 aliphatic carbocycles. The first-order valence-electron chi connectivity index (χ1n) is 9.40. The van der Waals surface area contributed by atoms with Gasteiger partial charge in [0.25, 0.3) is 0 Å². The number of rotatable bonds is 3. The van der Waals surface area contributed by atoms with Gasteiger partial charge in [-0.3, -0.25) is 4.79 Å². The summed E-state index contributed by atoms with van der Waals surface area (Å²) in [7, 11) is 2.15. The number of likely N-dealkylation sites (N-methyl/N-ethyl adjacent to an activating group) is 1. The Labute approximate surface area is 160 Å². The minimum atomic E-state index is 0.162. The van der Waals surface area contributed by atoms with Gasteiger partial charge >= 0.3 is 0 Å². The number of nitrogens with zero attached hydrogens (tertiary/aromatic N) is 1. The van der Waals surface area contributed by atoms with E-state index < -0.39 is 0 Å². The predicted octanol–water partition coefficient (Wildman–Crippen LogP) is 4.96. The largest absolute Gasteiger partial charge is 0.326 e. The monoisotopic (exact) mass is 368 g/mol. The Morgan fingerprint density at radius 1 is 1.19 bits per heavy atom. The molecule has 0 saturated heterocycles. The van der Waals surface area contributed by atoms with Gasteiger partial charge in [0.05, 0.1) is 0 Å². The highest BCUT2D eigenvalue weighted by atomic mass is 35.5. The van der Waals surface area contributed by atoms with E-state index in [9.17, 15) is 4.79 Å². The van der Waals surface area contributed by atoms with Gasteiger partial charge in [-0.05, 0) is 67.3 Å². The van der Waals surface area contributed by atoms with Crippen molar-refractivity contribution in [3.63, 3.8) is 0 Å². The lowest BCUT2D eigenvalue weighted by molar-refractivity contribution is -0.122. The number of anilines is 1. The van der Waals surface area contributed by atoms with Gasteiger partial charge in [0, 0.05) is 35.6 Å². The molecule has 1 amide bonds. The van der Waals surface area contributed by atoms with Crippen molar-refractivity contribution in [2.24, 2.45) is 5.92 Å². The van der Waals surface area contributed by atoms with Crippen molar-refractivity contribution in [1.29, 1.82) is 0 Å². The van der Waals surface area contributed by atoms with Crippen molar-refractivity contribution in [2.45, 2.75) is 38.6 Å². The summed E-state index contributed by atoms with van der Waals surface area (Å²) in [6.07, 6.45) is 3.19. The summed E-state index contributed by atoms with van der Waals surface area (Å²) in [4.78, 5) is 14.9. The maximum absolute atomic E-state index is 12.5. The highest BCUT2D eigenvalue weighted by Gasteiger charge is 2.30. The lowest BCUT2D eigenvalue weighted by Gasteiger charge is -2.35. The molecule has 4 rings (SSSR count). The third-order valence-electron chi connectivity index (χ3n) is 5.84. The molecule has 2 aliphatic rings. The Kier molecular flexibility index (Phi) is 4.76. The highest BCUT2D eigenvalue weighted by Crippen LogP contribution is 2.39. The fourth-order valence-corrected chi connectivity index (χ4v) is 4.44. The van der Waals surface area contributed by atoms with Gasteiger partial charge in [-0.25, -0.2) is 0 Å². The second-order valence-corrected chi connectivity index (χ2v) is 8.18. The van der Waals surface area contributed by atoms with Crippen molar-refractivity contribution in [2.75, 3.05) is 18.9 Å². The molecule has 26 heavy (non-hydrogen) atoms. The maximum Gasteiger partial charge on any atom is 0.227 e. The van der Waals surface area contributed by atoms with E-state index in [1.807, 2.05) is 18.2 Å². The first kappa shape index (κ1) is 17.6. The number of fused-ring (bicyclic) bond motifs is 1. The molecule has 0 bridgehead atoms. The summed E-state index contributed by atoms with van der Waals surface area (Å²) >= 11 is 6.38. The molecule has 0 radical (unpaired) electrons. The molecule has 2 aromatic carbocycles. The number of hydrogen-bond acceptors (Lipinski definition) is 2. The number of benzene rings is 2. The molecule has 1 fully saturated rings. The van der Waals surface area contributed by atoms with Crippen molar-refractivity contribution >= 4 is 23.2 Å². The normalized spacial score (nSPS) is 20.3. The molecule has 2 aromatic rings. The molecule has 1 atom stereocenters. The second-order valence-electron chi connectivity index (χ2n) is 7.74. The van der Waals surface area contributed by atoms with E-state index in [0.717, 1.165) is 43.1 Å². The molecule has 136 valence electrons. The van der Waals surface area contributed by atoms with Crippen molar-refractivity contribution < 1.29 is 4.79 Å². The Morgan fingerprint density at radius 2 is 1.96 bits per heavy atom. The van der Waals surface area contributed by atoms with Crippen LogP contribution in [-0.2, 0) is 11.3 Å². The number of para-hydroxylation sites is 1. The van der Waals surface area contributed by atoms with Gasteiger partial charge in [-0.1, -0.05) is 36.2 Å².